The number of morpholine rings is 1. The average molecular weight is 464 g/mol. The number of benzene rings is 2. The van der Waals surface area contributed by atoms with E-state index in [1.54, 1.807) is 0 Å². The molecule has 1 aliphatic heterocycles. The van der Waals surface area contributed by atoms with E-state index in [1.165, 1.54) is 29.2 Å². The van der Waals surface area contributed by atoms with Crippen LogP contribution < -0.4 is 10.6 Å². The molecule has 3 rings (SSSR count). The summed E-state index contributed by atoms with van der Waals surface area (Å²) in [6, 6.07) is 13.5. The van der Waals surface area contributed by atoms with Gasteiger partial charge in [-0.1, -0.05) is 28.1 Å². The highest BCUT2D eigenvalue weighted by Crippen LogP contribution is 2.24. The van der Waals surface area contributed by atoms with E-state index in [0.29, 0.717) is 25.4 Å². The molecule has 29 heavy (non-hydrogen) atoms. The first kappa shape index (κ1) is 21.4. The van der Waals surface area contributed by atoms with E-state index in [9.17, 15) is 14.0 Å². The van der Waals surface area contributed by atoms with E-state index < -0.39 is 5.91 Å². The third-order valence-electron chi connectivity index (χ3n) is 4.77. The highest BCUT2D eigenvalue weighted by Gasteiger charge is 2.26. The predicted octanol–water partition coefficient (Wildman–Crippen LogP) is 2.87. The van der Waals surface area contributed by atoms with E-state index in [4.69, 9.17) is 10.5 Å². The zero-order valence-corrected chi connectivity index (χ0v) is 17.5. The van der Waals surface area contributed by atoms with Crippen LogP contribution in [-0.4, -0.2) is 49.5 Å². The van der Waals surface area contributed by atoms with Crippen LogP contribution >= 0.6 is 15.9 Å². The number of halogens is 2. The number of rotatable bonds is 7. The molecule has 1 saturated heterocycles. The van der Waals surface area contributed by atoms with Gasteiger partial charge in [-0.25, -0.2) is 4.39 Å². The van der Waals surface area contributed by atoms with Gasteiger partial charge in [0.05, 0.1) is 19.3 Å². The molecule has 0 radical (unpaired) electrons. The Kier molecular flexibility index (Phi) is 7.35. The standard InChI is InChI=1S/C21H23BrFN3O3/c22-16-3-1-15(2-4-16)19-13-25(11-12-29-19)14-21(28)26(10-9-20(24)27)18-7-5-17(23)6-8-18/h1-8,19H,9-14H2,(H2,24,27). The SMILES string of the molecule is NC(=O)CCN(C(=O)CN1CCOC(c2ccc(Br)cc2)C1)c1ccc(F)cc1. The highest BCUT2D eigenvalue weighted by atomic mass is 79.9. The topological polar surface area (TPSA) is 75.9 Å². The van der Waals surface area contributed by atoms with E-state index in [0.717, 1.165) is 10.0 Å². The molecule has 2 aromatic rings. The maximum atomic E-state index is 13.3. The van der Waals surface area contributed by atoms with E-state index in [1.807, 2.05) is 29.2 Å². The molecular weight excluding hydrogens is 441 g/mol. The normalized spacial score (nSPS) is 17.1. The van der Waals surface area contributed by atoms with E-state index in [-0.39, 0.29) is 37.3 Å². The minimum absolute atomic E-state index is 0.0355. The van der Waals surface area contributed by atoms with Crippen molar-refractivity contribution >= 4 is 33.4 Å². The number of carbonyl (C=O) groups is 2. The van der Waals surface area contributed by atoms with Gasteiger partial charge in [-0.05, 0) is 42.0 Å². The number of nitrogens with two attached hydrogens (primary N) is 1. The summed E-state index contributed by atoms with van der Waals surface area (Å²) < 4.78 is 20.1. The molecule has 8 heteroatoms. The molecule has 0 aliphatic carbocycles. The number of amides is 2. The lowest BCUT2D eigenvalue weighted by atomic mass is 10.1. The second kappa shape index (κ2) is 9.96. The minimum atomic E-state index is -0.494. The van der Waals surface area contributed by atoms with Crippen LogP contribution in [0.3, 0.4) is 0 Å². The molecule has 0 aromatic heterocycles. The summed E-state index contributed by atoms with van der Waals surface area (Å²) >= 11 is 3.42. The molecule has 1 heterocycles. The maximum absolute atomic E-state index is 13.3. The molecule has 1 unspecified atom stereocenters. The monoisotopic (exact) mass is 463 g/mol. The summed E-state index contributed by atoms with van der Waals surface area (Å²) in [4.78, 5) is 27.7. The van der Waals surface area contributed by atoms with Gasteiger partial charge in [-0.2, -0.15) is 0 Å². The average Bonchev–Trinajstić information content (AvgIpc) is 2.70. The van der Waals surface area contributed by atoms with Crippen molar-refractivity contribution in [1.82, 2.24) is 4.90 Å². The smallest absolute Gasteiger partial charge is 0.241 e. The Morgan fingerprint density at radius 1 is 1.17 bits per heavy atom. The van der Waals surface area contributed by atoms with Crippen molar-refractivity contribution in [3.63, 3.8) is 0 Å². The molecule has 0 spiro atoms. The summed E-state index contributed by atoms with van der Waals surface area (Å²) in [5, 5.41) is 0. The van der Waals surface area contributed by atoms with E-state index >= 15 is 0 Å². The van der Waals surface area contributed by atoms with Crippen molar-refractivity contribution in [2.45, 2.75) is 12.5 Å². The van der Waals surface area contributed by atoms with Crippen molar-refractivity contribution in [3.8, 4) is 0 Å². The number of anilines is 1. The van der Waals surface area contributed by atoms with Crippen molar-refractivity contribution < 1.29 is 18.7 Å². The second-order valence-corrected chi connectivity index (χ2v) is 7.80. The number of ether oxygens (including phenoxy) is 1. The molecule has 154 valence electrons. The lowest BCUT2D eigenvalue weighted by Crippen LogP contribution is -2.46. The molecule has 0 saturated carbocycles. The summed E-state index contributed by atoms with van der Waals surface area (Å²) in [6.45, 7) is 2.06. The molecule has 2 aromatic carbocycles. The van der Waals surface area contributed by atoms with E-state index in [2.05, 4.69) is 15.9 Å². The largest absolute Gasteiger partial charge is 0.371 e. The fourth-order valence-electron chi connectivity index (χ4n) is 3.24. The summed E-state index contributed by atoms with van der Waals surface area (Å²) in [7, 11) is 0. The van der Waals surface area contributed by atoms with Crippen LogP contribution in [0.2, 0.25) is 0 Å². The van der Waals surface area contributed by atoms with Gasteiger partial charge in [0.25, 0.3) is 0 Å². The second-order valence-electron chi connectivity index (χ2n) is 6.88. The Labute approximate surface area is 177 Å². The van der Waals surface area contributed by atoms with Crippen LogP contribution in [0.1, 0.15) is 18.1 Å². The predicted molar refractivity (Wildman–Crippen MR) is 112 cm³/mol. The molecule has 0 bridgehead atoms. The third-order valence-corrected chi connectivity index (χ3v) is 5.30. The van der Waals surface area contributed by atoms with Crippen LogP contribution in [0, 0.1) is 5.82 Å². The number of nitrogens with zero attached hydrogens (tertiary/aromatic N) is 2. The summed E-state index contributed by atoms with van der Waals surface area (Å²) in [6.07, 6.45) is -0.0807. The highest BCUT2D eigenvalue weighted by molar-refractivity contribution is 9.10. The van der Waals surface area contributed by atoms with Gasteiger partial charge in [0, 0.05) is 36.2 Å². The zero-order chi connectivity index (χ0) is 20.8. The first-order chi connectivity index (χ1) is 13.9. The Morgan fingerprint density at radius 3 is 2.52 bits per heavy atom. The van der Waals surface area contributed by atoms with Gasteiger partial charge < -0.3 is 15.4 Å². The van der Waals surface area contributed by atoms with Gasteiger partial charge in [0.15, 0.2) is 0 Å². The van der Waals surface area contributed by atoms with Crippen LogP contribution in [0.4, 0.5) is 10.1 Å². The van der Waals surface area contributed by atoms with Crippen LogP contribution in [-0.2, 0) is 14.3 Å². The Morgan fingerprint density at radius 2 is 1.86 bits per heavy atom. The quantitative estimate of drug-likeness (QED) is 0.684. The lowest BCUT2D eigenvalue weighted by molar-refractivity contribution is -0.122. The van der Waals surface area contributed by atoms with Gasteiger partial charge in [-0.15, -0.1) is 0 Å². The van der Waals surface area contributed by atoms with Crippen molar-refractivity contribution in [2.75, 3.05) is 37.7 Å². The fourth-order valence-corrected chi connectivity index (χ4v) is 3.51. The van der Waals surface area contributed by atoms with Gasteiger partial charge in [-0.3, -0.25) is 14.5 Å². The zero-order valence-electron chi connectivity index (χ0n) is 15.9. The first-order valence-electron chi connectivity index (χ1n) is 9.36. The fraction of sp³-hybridized carbons (Fsp3) is 0.333. The molecule has 1 atom stereocenters. The summed E-state index contributed by atoms with van der Waals surface area (Å²) in [5.74, 6) is -1.05. The number of hydrogen-bond donors (Lipinski definition) is 1. The molecular formula is C21H23BrFN3O3. The molecule has 6 nitrogen and oxygen atoms in total. The number of carbonyl (C=O) groups excluding carboxylic acids is 2. The number of hydrogen-bond acceptors (Lipinski definition) is 4. The lowest BCUT2D eigenvalue weighted by Gasteiger charge is -2.34. The van der Waals surface area contributed by atoms with Crippen molar-refractivity contribution in [1.29, 1.82) is 0 Å². The number of primary amides is 1. The molecule has 2 N–H and O–H groups in total. The first-order valence-corrected chi connectivity index (χ1v) is 10.2. The Hall–Kier alpha value is -2.29. The molecule has 1 fully saturated rings. The molecule has 1 aliphatic rings. The molecule has 2 amide bonds. The van der Waals surface area contributed by atoms with Gasteiger partial charge in [0.1, 0.15) is 5.82 Å². The van der Waals surface area contributed by atoms with Crippen molar-refractivity contribution in [2.24, 2.45) is 5.73 Å². The van der Waals surface area contributed by atoms with Crippen LogP contribution in [0.5, 0.6) is 0 Å². The Balaban J connectivity index is 1.68. The van der Waals surface area contributed by atoms with Gasteiger partial charge in [0.2, 0.25) is 11.8 Å². The van der Waals surface area contributed by atoms with Crippen LogP contribution in [0.25, 0.3) is 0 Å². The van der Waals surface area contributed by atoms with Crippen LogP contribution in [0.15, 0.2) is 53.0 Å². The third kappa shape index (κ3) is 6.09. The van der Waals surface area contributed by atoms with Gasteiger partial charge >= 0.3 is 0 Å². The Bertz CT molecular complexity index is 845. The minimum Gasteiger partial charge on any atom is -0.371 e. The van der Waals surface area contributed by atoms with Crippen molar-refractivity contribution in [3.05, 3.63) is 64.4 Å². The summed E-state index contributed by atoms with van der Waals surface area (Å²) in [5.41, 5.74) is 6.84. The maximum Gasteiger partial charge on any atom is 0.241 e.